The summed E-state index contributed by atoms with van der Waals surface area (Å²) in [5, 5.41) is 0. The van der Waals surface area contributed by atoms with Gasteiger partial charge < -0.3 is 15.4 Å². The van der Waals surface area contributed by atoms with Crippen molar-refractivity contribution < 1.29 is 9.53 Å². The fourth-order valence-corrected chi connectivity index (χ4v) is 2.04. The van der Waals surface area contributed by atoms with Gasteiger partial charge in [0.25, 0.3) is 0 Å². The number of carbonyl (C=O) groups is 1. The summed E-state index contributed by atoms with van der Waals surface area (Å²) in [5.41, 5.74) is 5.53. The first kappa shape index (κ1) is 17.2. The van der Waals surface area contributed by atoms with Gasteiger partial charge in [0.05, 0.1) is 0 Å². The highest BCUT2D eigenvalue weighted by atomic mass is 16.6. The van der Waals surface area contributed by atoms with Crippen LogP contribution in [0.1, 0.15) is 41.0 Å². The summed E-state index contributed by atoms with van der Waals surface area (Å²) >= 11 is 0. The minimum atomic E-state index is -0.417. The van der Waals surface area contributed by atoms with Crippen LogP contribution in [-0.2, 0) is 4.74 Å². The number of nitrogens with two attached hydrogens (primary N) is 1. The Morgan fingerprint density at radius 3 is 2.10 bits per heavy atom. The Bertz CT molecular complexity index is 316. The molecule has 0 aromatic rings. The number of hydrogen-bond acceptors (Lipinski definition) is 4. The number of rotatable bonds is 4. The van der Waals surface area contributed by atoms with E-state index in [1.165, 1.54) is 0 Å². The molecular formula is C15H31N3O2. The van der Waals surface area contributed by atoms with Crippen LogP contribution in [0, 0.1) is 5.41 Å². The van der Waals surface area contributed by atoms with E-state index < -0.39 is 5.60 Å². The number of hydrogen-bond donors (Lipinski definition) is 1. The first-order chi connectivity index (χ1) is 9.13. The molecule has 2 N–H and O–H groups in total. The van der Waals surface area contributed by atoms with Gasteiger partial charge in [-0.1, -0.05) is 13.8 Å². The van der Waals surface area contributed by atoms with E-state index in [9.17, 15) is 4.79 Å². The van der Waals surface area contributed by atoms with Gasteiger partial charge in [0.1, 0.15) is 5.60 Å². The lowest BCUT2D eigenvalue weighted by Gasteiger charge is -2.36. The van der Waals surface area contributed by atoms with Gasteiger partial charge >= 0.3 is 6.09 Å². The van der Waals surface area contributed by atoms with E-state index in [0.717, 1.165) is 39.1 Å². The average molecular weight is 285 g/mol. The highest BCUT2D eigenvalue weighted by Crippen LogP contribution is 2.19. The van der Waals surface area contributed by atoms with Crippen LogP contribution >= 0.6 is 0 Å². The third-order valence-corrected chi connectivity index (χ3v) is 3.68. The molecule has 1 heterocycles. The lowest BCUT2D eigenvalue weighted by Crippen LogP contribution is -2.50. The first-order valence-corrected chi connectivity index (χ1v) is 7.53. The van der Waals surface area contributed by atoms with Crippen molar-refractivity contribution in [2.24, 2.45) is 11.1 Å². The molecular weight excluding hydrogens is 254 g/mol. The van der Waals surface area contributed by atoms with Crippen LogP contribution in [0.4, 0.5) is 4.79 Å². The zero-order chi connectivity index (χ0) is 15.4. The van der Waals surface area contributed by atoms with Crippen LogP contribution in [0.15, 0.2) is 0 Å². The molecule has 0 unspecified atom stereocenters. The maximum atomic E-state index is 12.0. The molecule has 0 bridgehead atoms. The van der Waals surface area contributed by atoms with E-state index in [2.05, 4.69) is 18.7 Å². The van der Waals surface area contributed by atoms with Crippen LogP contribution in [-0.4, -0.2) is 60.8 Å². The highest BCUT2D eigenvalue weighted by molar-refractivity contribution is 5.68. The second-order valence-electron chi connectivity index (χ2n) is 7.43. The summed E-state index contributed by atoms with van der Waals surface area (Å²) in [6, 6.07) is 0. The molecule has 1 amide bonds. The normalized spacial score (nSPS) is 18.2. The fraction of sp³-hybridized carbons (Fsp3) is 0.933. The molecule has 0 aromatic heterocycles. The van der Waals surface area contributed by atoms with Crippen molar-refractivity contribution >= 4 is 6.09 Å². The zero-order valence-corrected chi connectivity index (χ0v) is 13.7. The summed E-state index contributed by atoms with van der Waals surface area (Å²) < 4.78 is 5.40. The van der Waals surface area contributed by atoms with Crippen molar-refractivity contribution in [3.8, 4) is 0 Å². The number of carbonyl (C=O) groups excluding carboxylic acids is 1. The molecule has 0 atom stereocenters. The fourth-order valence-electron chi connectivity index (χ4n) is 2.04. The van der Waals surface area contributed by atoms with Gasteiger partial charge in [-0.25, -0.2) is 4.79 Å². The molecule has 5 nitrogen and oxygen atoms in total. The molecule has 118 valence electrons. The number of piperazine rings is 1. The lowest BCUT2D eigenvalue weighted by molar-refractivity contribution is 0.0137. The topological polar surface area (TPSA) is 58.8 Å². The molecule has 0 saturated carbocycles. The molecule has 5 heteroatoms. The van der Waals surface area contributed by atoms with Gasteiger partial charge in [-0.15, -0.1) is 0 Å². The van der Waals surface area contributed by atoms with Crippen LogP contribution < -0.4 is 5.73 Å². The van der Waals surface area contributed by atoms with E-state index in [1.807, 2.05) is 20.8 Å². The van der Waals surface area contributed by atoms with Crippen LogP contribution in [0.3, 0.4) is 0 Å². The van der Waals surface area contributed by atoms with E-state index in [1.54, 1.807) is 4.90 Å². The van der Waals surface area contributed by atoms with Crippen molar-refractivity contribution in [3.05, 3.63) is 0 Å². The standard InChI is InChI=1S/C15H31N3O2/c1-14(2,3)20-13(19)18-10-8-17(9-11-18)7-6-15(4,5)12-16/h6-12,16H2,1-5H3. The molecule has 1 aliphatic heterocycles. The quantitative estimate of drug-likeness (QED) is 0.857. The minimum Gasteiger partial charge on any atom is -0.444 e. The molecule has 0 spiro atoms. The van der Waals surface area contributed by atoms with Gasteiger partial charge in [0.2, 0.25) is 0 Å². The summed E-state index contributed by atoms with van der Waals surface area (Å²) in [5.74, 6) is 0. The largest absolute Gasteiger partial charge is 0.444 e. The van der Waals surface area contributed by atoms with Gasteiger partial charge in [-0.05, 0) is 45.7 Å². The van der Waals surface area contributed by atoms with Crippen molar-refractivity contribution in [3.63, 3.8) is 0 Å². The molecule has 1 saturated heterocycles. The Morgan fingerprint density at radius 2 is 1.65 bits per heavy atom. The molecule has 1 aliphatic rings. The number of nitrogens with zero attached hydrogens (tertiary/aromatic N) is 2. The summed E-state index contributed by atoms with van der Waals surface area (Å²) in [7, 11) is 0. The molecule has 0 aromatic carbocycles. The second kappa shape index (κ2) is 6.76. The Labute approximate surface area is 123 Å². The highest BCUT2D eigenvalue weighted by Gasteiger charge is 2.26. The number of ether oxygens (including phenoxy) is 1. The summed E-state index contributed by atoms with van der Waals surface area (Å²) in [6.07, 6.45) is 0.898. The van der Waals surface area contributed by atoms with Crippen molar-refractivity contribution in [2.75, 3.05) is 39.3 Å². The third-order valence-electron chi connectivity index (χ3n) is 3.68. The number of amides is 1. The zero-order valence-electron chi connectivity index (χ0n) is 13.7. The molecule has 1 fully saturated rings. The van der Waals surface area contributed by atoms with Crippen molar-refractivity contribution in [1.29, 1.82) is 0 Å². The Kier molecular flexibility index (Phi) is 5.83. The molecule has 0 radical (unpaired) electrons. The predicted octanol–water partition coefficient (Wildman–Crippen LogP) is 1.91. The van der Waals surface area contributed by atoms with Gasteiger partial charge in [-0.3, -0.25) is 4.90 Å². The van der Waals surface area contributed by atoms with Crippen LogP contribution in [0.25, 0.3) is 0 Å². The van der Waals surface area contributed by atoms with Crippen LogP contribution in [0.2, 0.25) is 0 Å². The van der Waals surface area contributed by atoms with E-state index in [4.69, 9.17) is 10.5 Å². The maximum absolute atomic E-state index is 12.0. The monoisotopic (exact) mass is 285 g/mol. The van der Waals surface area contributed by atoms with Gasteiger partial charge in [0.15, 0.2) is 0 Å². The smallest absolute Gasteiger partial charge is 0.410 e. The van der Waals surface area contributed by atoms with E-state index in [0.29, 0.717) is 6.54 Å². The van der Waals surface area contributed by atoms with Gasteiger partial charge in [-0.2, -0.15) is 0 Å². The van der Waals surface area contributed by atoms with Crippen LogP contribution in [0.5, 0.6) is 0 Å². The molecule has 1 rings (SSSR count). The average Bonchev–Trinajstić information content (AvgIpc) is 2.35. The van der Waals surface area contributed by atoms with Gasteiger partial charge in [0, 0.05) is 26.2 Å². The Hall–Kier alpha value is -0.810. The molecule has 20 heavy (non-hydrogen) atoms. The maximum Gasteiger partial charge on any atom is 0.410 e. The van der Waals surface area contributed by atoms with E-state index in [-0.39, 0.29) is 11.5 Å². The Balaban J connectivity index is 2.31. The minimum absolute atomic E-state index is 0.195. The SMILES string of the molecule is CC(C)(CN)CCN1CCN(C(=O)OC(C)(C)C)CC1. The second-order valence-corrected chi connectivity index (χ2v) is 7.43. The summed E-state index contributed by atoms with van der Waals surface area (Å²) in [6.45, 7) is 15.2. The van der Waals surface area contributed by atoms with Crippen molar-refractivity contribution in [2.45, 2.75) is 46.6 Å². The lowest BCUT2D eigenvalue weighted by atomic mass is 9.89. The molecule has 0 aliphatic carbocycles. The van der Waals surface area contributed by atoms with Crippen molar-refractivity contribution in [1.82, 2.24) is 9.80 Å². The van der Waals surface area contributed by atoms with E-state index >= 15 is 0 Å². The predicted molar refractivity (Wildman–Crippen MR) is 81.7 cm³/mol. The summed E-state index contributed by atoms with van der Waals surface area (Å²) in [4.78, 5) is 16.2. The Morgan fingerprint density at radius 1 is 1.10 bits per heavy atom. The third kappa shape index (κ3) is 6.09. The first-order valence-electron chi connectivity index (χ1n) is 7.53.